The minimum Gasteiger partial charge on any atom is -0.496 e. The van der Waals surface area contributed by atoms with Gasteiger partial charge in [-0.3, -0.25) is 0 Å². The molecular weight excluding hydrogens is 210 g/mol. The fourth-order valence-corrected chi connectivity index (χ4v) is 2.29. The second-order valence-electron chi connectivity index (χ2n) is 5.29. The van der Waals surface area contributed by atoms with Crippen LogP contribution in [0, 0.1) is 0 Å². The predicted molar refractivity (Wildman–Crippen MR) is 73.8 cm³/mol. The maximum absolute atomic E-state index is 6.12. The van der Waals surface area contributed by atoms with Crippen LogP contribution in [0.3, 0.4) is 0 Å². The molecule has 17 heavy (non-hydrogen) atoms. The molecule has 0 radical (unpaired) electrons. The van der Waals surface area contributed by atoms with Crippen molar-refractivity contribution < 1.29 is 4.74 Å². The van der Waals surface area contributed by atoms with Crippen LogP contribution in [-0.4, -0.2) is 7.11 Å². The molecule has 0 aliphatic heterocycles. The maximum Gasteiger partial charge on any atom is 0.127 e. The number of methoxy groups -OCH3 is 1. The second-order valence-corrected chi connectivity index (χ2v) is 5.29. The largest absolute Gasteiger partial charge is 0.496 e. The molecule has 0 fully saturated rings. The van der Waals surface area contributed by atoms with E-state index in [0.29, 0.717) is 11.8 Å². The van der Waals surface area contributed by atoms with E-state index in [1.807, 2.05) is 6.92 Å². The average Bonchev–Trinajstić information content (AvgIpc) is 2.26. The van der Waals surface area contributed by atoms with E-state index in [0.717, 1.165) is 11.3 Å². The Kier molecular flexibility index (Phi) is 4.58. The zero-order chi connectivity index (χ0) is 13.2. The van der Waals surface area contributed by atoms with E-state index in [-0.39, 0.29) is 6.04 Å². The van der Waals surface area contributed by atoms with E-state index in [4.69, 9.17) is 10.5 Å². The first kappa shape index (κ1) is 14.0. The normalized spacial score (nSPS) is 13.2. The average molecular weight is 235 g/mol. The highest BCUT2D eigenvalue weighted by Gasteiger charge is 2.20. The summed E-state index contributed by atoms with van der Waals surface area (Å²) in [6, 6.07) is 4.37. The Morgan fingerprint density at radius 3 is 1.76 bits per heavy atom. The van der Waals surface area contributed by atoms with Crippen molar-refractivity contribution in [3.8, 4) is 5.75 Å². The highest BCUT2D eigenvalue weighted by Crippen LogP contribution is 2.37. The van der Waals surface area contributed by atoms with Crippen LogP contribution in [0.25, 0.3) is 0 Å². The first-order valence-electron chi connectivity index (χ1n) is 6.36. The van der Waals surface area contributed by atoms with Crippen molar-refractivity contribution in [2.24, 2.45) is 5.73 Å². The second kappa shape index (κ2) is 5.54. The van der Waals surface area contributed by atoms with Crippen LogP contribution < -0.4 is 10.5 Å². The molecule has 0 aromatic heterocycles. The van der Waals surface area contributed by atoms with Gasteiger partial charge in [0.05, 0.1) is 7.11 Å². The molecule has 1 unspecified atom stereocenters. The van der Waals surface area contributed by atoms with Crippen molar-refractivity contribution >= 4 is 0 Å². The lowest BCUT2D eigenvalue weighted by Gasteiger charge is -2.23. The summed E-state index contributed by atoms with van der Waals surface area (Å²) in [7, 11) is 1.73. The van der Waals surface area contributed by atoms with E-state index < -0.39 is 0 Å². The topological polar surface area (TPSA) is 35.2 Å². The SMILES string of the molecule is COc1c(C(C)C)ccc(C(C)C)c1C(C)N. The molecule has 1 atom stereocenters. The van der Waals surface area contributed by atoms with Crippen molar-refractivity contribution in [1.29, 1.82) is 0 Å². The smallest absolute Gasteiger partial charge is 0.127 e. The van der Waals surface area contributed by atoms with Gasteiger partial charge in [0.25, 0.3) is 0 Å². The number of benzene rings is 1. The Morgan fingerprint density at radius 1 is 0.941 bits per heavy atom. The summed E-state index contributed by atoms with van der Waals surface area (Å²) in [6.07, 6.45) is 0. The Hall–Kier alpha value is -1.02. The zero-order valence-corrected chi connectivity index (χ0v) is 11.9. The van der Waals surface area contributed by atoms with Crippen molar-refractivity contribution in [3.05, 3.63) is 28.8 Å². The van der Waals surface area contributed by atoms with Crippen molar-refractivity contribution in [1.82, 2.24) is 0 Å². The monoisotopic (exact) mass is 235 g/mol. The molecule has 0 heterocycles. The lowest BCUT2D eigenvalue weighted by Crippen LogP contribution is -2.13. The van der Waals surface area contributed by atoms with Gasteiger partial charge in [0.15, 0.2) is 0 Å². The lowest BCUT2D eigenvalue weighted by atomic mass is 9.88. The van der Waals surface area contributed by atoms with E-state index in [2.05, 4.69) is 39.8 Å². The highest BCUT2D eigenvalue weighted by atomic mass is 16.5. The number of nitrogens with two attached hydrogens (primary N) is 1. The summed E-state index contributed by atoms with van der Waals surface area (Å²) in [4.78, 5) is 0. The van der Waals surface area contributed by atoms with Gasteiger partial charge in [0.1, 0.15) is 5.75 Å². The molecule has 0 aliphatic carbocycles. The van der Waals surface area contributed by atoms with Crippen LogP contribution in [0.4, 0.5) is 0 Å². The van der Waals surface area contributed by atoms with E-state index in [9.17, 15) is 0 Å². The summed E-state index contributed by atoms with van der Waals surface area (Å²) >= 11 is 0. The Balaban J connectivity index is 3.50. The Bertz CT molecular complexity index is 381. The summed E-state index contributed by atoms with van der Waals surface area (Å²) in [6.45, 7) is 10.8. The molecule has 0 spiro atoms. The molecule has 0 bridgehead atoms. The molecule has 1 rings (SSSR count). The Labute approximate surface area is 105 Å². The molecule has 96 valence electrons. The van der Waals surface area contributed by atoms with Crippen LogP contribution in [0.2, 0.25) is 0 Å². The third kappa shape index (κ3) is 2.81. The van der Waals surface area contributed by atoms with Crippen molar-refractivity contribution in [2.45, 2.75) is 52.5 Å². The predicted octanol–water partition coefficient (Wildman–Crippen LogP) is 3.96. The third-order valence-electron chi connectivity index (χ3n) is 3.16. The molecular formula is C15H25NO. The van der Waals surface area contributed by atoms with Crippen LogP contribution >= 0.6 is 0 Å². The van der Waals surface area contributed by atoms with E-state index in [1.54, 1.807) is 7.11 Å². The van der Waals surface area contributed by atoms with Crippen LogP contribution in [-0.2, 0) is 0 Å². The number of hydrogen-bond acceptors (Lipinski definition) is 2. The maximum atomic E-state index is 6.12. The molecule has 1 aromatic carbocycles. The van der Waals surface area contributed by atoms with Gasteiger partial charge in [0.2, 0.25) is 0 Å². The molecule has 0 aliphatic rings. The summed E-state index contributed by atoms with van der Waals surface area (Å²) in [5.74, 6) is 1.89. The van der Waals surface area contributed by atoms with Gasteiger partial charge in [-0.1, -0.05) is 39.8 Å². The van der Waals surface area contributed by atoms with Crippen LogP contribution in [0.5, 0.6) is 5.75 Å². The van der Waals surface area contributed by atoms with E-state index >= 15 is 0 Å². The molecule has 0 amide bonds. The van der Waals surface area contributed by atoms with Gasteiger partial charge in [0, 0.05) is 11.6 Å². The number of hydrogen-bond donors (Lipinski definition) is 1. The zero-order valence-electron chi connectivity index (χ0n) is 11.9. The summed E-state index contributed by atoms with van der Waals surface area (Å²) < 4.78 is 5.61. The van der Waals surface area contributed by atoms with Crippen molar-refractivity contribution in [3.63, 3.8) is 0 Å². The summed E-state index contributed by atoms with van der Waals surface area (Å²) in [5.41, 5.74) is 9.81. The molecule has 2 nitrogen and oxygen atoms in total. The fraction of sp³-hybridized carbons (Fsp3) is 0.600. The molecule has 2 N–H and O–H groups in total. The van der Waals surface area contributed by atoms with Gasteiger partial charge in [-0.2, -0.15) is 0 Å². The fourth-order valence-electron chi connectivity index (χ4n) is 2.29. The molecule has 0 saturated heterocycles. The number of rotatable bonds is 4. The van der Waals surface area contributed by atoms with Gasteiger partial charge in [-0.05, 0) is 29.9 Å². The van der Waals surface area contributed by atoms with Crippen LogP contribution in [0.1, 0.15) is 69.2 Å². The lowest BCUT2D eigenvalue weighted by molar-refractivity contribution is 0.398. The highest BCUT2D eigenvalue weighted by molar-refractivity contribution is 5.50. The van der Waals surface area contributed by atoms with Gasteiger partial charge < -0.3 is 10.5 Å². The van der Waals surface area contributed by atoms with Gasteiger partial charge in [-0.25, -0.2) is 0 Å². The summed E-state index contributed by atoms with van der Waals surface area (Å²) in [5, 5.41) is 0. The van der Waals surface area contributed by atoms with Gasteiger partial charge in [-0.15, -0.1) is 0 Å². The van der Waals surface area contributed by atoms with Crippen molar-refractivity contribution in [2.75, 3.05) is 7.11 Å². The van der Waals surface area contributed by atoms with Crippen LogP contribution in [0.15, 0.2) is 12.1 Å². The van der Waals surface area contributed by atoms with E-state index in [1.165, 1.54) is 11.1 Å². The minimum atomic E-state index is 0.000972. The first-order valence-corrected chi connectivity index (χ1v) is 6.36. The third-order valence-corrected chi connectivity index (χ3v) is 3.16. The first-order chi connectivity index (χ1) is 7.90. The van der Waals surface area contributed by atoms with Gasteiger partial charge >= 0.3 is 0 Å². The Morgan fingerprint density at radius 2 is 1.41 bits per heavy atom. The molecule has 0 saturated carbocycles. The molecule has 1 aromatic rings. The quantitative estimate of drug-likeness (QED) is 0.857. The number of ether oxygens (including phenoxy) is 1. The molecule has 2 heteroatoms. The minimum absolute atomic E-state index is 0.000972. The standard InChI is InChI=1S/C15H25NO/c1-9(2)12-7-8-13(10(3)4)15(17-6)14(12)11(5)16/h7-11H,16H2,1-6H3.